The van der Waals surface area contributed by atoms with Gasteiger partial charge in [0.05, 0.1) is 12.8 Å². The van der Waals surface area contributed by atoms with E-state index in [9.17, 15) is 9.59 Å². The van der Waals surface area contributed by atoms with Crippen LogP contribution in [0.15, 0.2) is 42.6 Å². The molecule has 0 saturated carbocycles. The molecule has 0 spiro atoms. The summed E-state index contributed by atoms with van der Waals surface area (Å²) < 4.78 is 4.71. The number of ketones is 1. The fourth-order valence-electron chi connectivity index (χ4n) is 1.86. The summed E-state index contributed by atoms with van der Waals surface area (Å²) >= 11 is 0. The first-order valence-corrected chi connectivity index (χ1v) is 5.50. The minimum Gasteiger partial charge on any atom is -0.452 e. The molecule has 0 aliphatic carbocycles. The third kappa shape index (κ3) is 2.18. The van der Waals surface area contributed by atoms with Gasteiger partial charge in [-0.2, -0.15) is 0 Å². The van der Waals surface area contributed by atoms with Gasteiger partial charge < -0.3 is 4.74 Å². The number of para-hydroxylation sites is 1. The Labute approximate surface area is 105 Å². The molecule has 92 valence electrons. The highest BCUT2D eigenvalue weighted by Crippen LogP contribution is 2.32. The van der Waals surface area contributed by atoms with Gasteiger partial charge in [0, 0.05) is 11.8 Å². The van der Waals surface area contributed by atoms with Gasteiger partial charge in [-0.05, 0) is 30.7 Å². The van der Waals surface area contributed by atoms with Crippen LogP contribution in [0.5, 0.6) is 0 Å². The van der Waals surface area contributed by atoms with Crippen molar-refractivity contribution in [2.75, 3.05) is 12.0 Å². The van der Waals surface area contributed by atoms with Crippen LogP contribution in [0.3, 0.4) is 0 Å². The largest absolute Gasteiger partial charge is 0.452 e. The maximum absolute atomic E-state index is 11.6. The Bertz CT molecular complexity index is 558. The van der Waals surface area contributed by atoms with E-state index >= 15 is 0 Å². The lowest BCUT2D eigenvalue weighted by Crippen LogP contribution is -2.27. The second-order valence-corrected chi connectivity index (χ2v) is 3.88. The lowest BCUT2D eigenvalue weighted by Gasteiger charge is -2.24. The third-order valence-corrected chi connectivity index (χ3v) is 2.61. The zero-order chi connectivity index (χ0) is 13.1. The first-order valence-electron chi connectivity index (χ1n) is 5.50. The highest BCUT2D eigenvalue weighted by molar-refractivity contribution is 6.03. The predicted octanol–water partition coefficient (Wildman–Crippen LogP) is 2.76. The van der Waals surface area contributed by atoms with Gasteiger partial charge in [-0.1, -0.05) is 18.2 Å². The molecule has 1 aromatic rings. The van der Waals surface area contributed by atoms with E-state index in [1.54, 1.807) is 18.4 Å². The molecule has 1 aliphatic heterocycles. The molecule has 18 heavy (non-hydrogen) atoms. The first kappa shape index (κ1) is 12.1. The van der Waals surface area contributed by atoms with Crippen LogP contribution >= 0.6 is 0 Å². The molecule has 0 fully saturated rings. The van der Waals surface area contributed by atoms with Crippen molar-refractivity contribution in [3.8, 4) is 0 Å². The molecule has 1 amide bonds. The molecule has 0 aromatic heterocycles. The van der Waals surface area contributed by atoms with Crippen LogP contribution in [-0.2, 0) is 9.53 Å². The molecule has 0 saturated heterocycles. The molecule has 1 heterocycles. The Hall–Kier alpha value is -2.36. The van der Waals surface area contributed by atoms with Crippen molar-refractivity contribution in [2.24, 2.45) is 0 Å². The predicted molar refractivity (Wildman–Crippen MR) is 69.1 cm³/mol. The van der Waals surface area contributed by atoms with Crippen LogP contribution in [0.4, 0.5) is 10.5 Å². The number of nitrogens with zero attached hydrogens (tertiary/aromatic N) is 1. The second kappa shape index (κ2) is 4.87. The van der Waals surface area contributed by atoms with Crippen LogP contribution < -0.4 is 4.90 Å². The molecule has 0 bridgehead atoms. The Morgan fingerprint density at radius 2 is 2.00 bits per heavy atom. The van der Waals surface area contributed by atoms with Crippen LogP contribution in [0.2, 0.25) is 0 Å². The number of carbonyl (C=O) groups is 2. The van der Waals surface area contributed by atoms with Gasteiger partial charge in [0.15, 0.2) is 5.78 Å². The summed E-state index contributed by atoms with van der Waals surface area (Å²) in [4.78, 5) is 24.2. The number of methoxy groups -OCH3 is 1. The number of carbonyl (C=O) groups excluding carboxylic acids is 2. The van der Waals surface area contributed by atoms with Gasteiger partial charge in [0.1, 0.15) is 0 Å². The minimum atomic E-state index is -0.458. The summed E-state index contributed by atoms with van der Waals surface area (Å²) in [6.07, 6.45) is 4.41. The van der Waals surface area contributed by atoms with Crippen molar-refractivity contribution in [3.05, 3.63) is 48.2 Å². The summed E-state index contributed by atoms with van der Waals surface area (Å²) in [5.74, 6) is -0.0315. The average Bonchev–Trinajstić information content (AvgIpc) is 2.38. The monoisotopic (exact) mass is 243 g/mol. The van der Waals surface area contributed by atoms with Gasteiger partial charge in [-0.25, -0.2) is 4.79 Å². The lowest BCUT2D eigenvalue weighted by molar-refractivity contribution is -0.112. The smallest absolute Gasteiger partial charge is 0.418 e. The summed E-state index contributed by atoms with van der Waals surface area (Å²) in [6, 6.07) is 7.37. The number of anilines is 1. The van der Waals surface area contributed by atoms with Crippen molar-refractivity contribution in [1.82, 2.24) is 0 Å². The van der Waals surface area contributed by atoms with Crippen LogP contribution in [-0.4, -0.2) is 19.0 Å². The zero-order valence-electron chi connectivity index (χ0n) is 10.2. The molecule has 1 aromatic carbocycles. The van der Waals surface area contributed by atoms with E-state index in [2.05, 4.69) is 0 Å². The number of hydrogen-bond acceptors (Lipinski definition) is 3. The van der Waals surface area contributed by atoms with Crippen molar-refractivity contribution in [1.29, 1.82) is 0 Å². The number of allylic oxidation sites excluding steroid dienone is 3. The topological polar surface area (TPSA) is 46.6 Å². The van der Waals surface area contributed by atoms with Crippen LogP contribution in [0.1, 0.15) is 12.5 Å². The summed E-state index contributed by atoms with van der Waals surface area (Å²) in [7, 11) is 1.33. The van der Waals surface area contributed by atoms with E-state index in [-0.39, 0.29) is 5.78 Å². The second-order valence-electron chi connectivity index (χ2n) is 3.88. The molecule has 4 heteroatoms. The Morgan fingerprint density at radius 3 is 2.67 bits per heavy atom. The lowest BCUT2D eigenvalue weighted by atomic mass is 9.99. The molecule has 0 N–H and O–H groups in total. The van der Waals surface area contributed by atoms with Gasteiger partial charge in [0.25, 0.3) is 0 Å². The molecular weight excluding hydrogens is 230 g/mol. The summed E-state index contributed by atoms with van der Waals surface area (Å²) in [5, 5.41) is 0. The average molecular weight is 243 g/mol. The van der Waals surface area contributed by atoms with E-state index in [1.165, 1.54) is 18.9 Å². The van der Waals surface area contributed by atoms with Crippen molar-refractivity contribution < 1.29 is 14.3 Å². The van der Waals surface area contributed by atoms with E-state index < -0.39 is 6.09 Å². The standard InChI is InChI=1S/C14H13NO3/c1-10(16)9-11-7-8-15(14(17)18-2)13-6-4-3-5-12(11)13/h3-9H,1-2H3. The molecule has 0 atom stereocenters. The van der Waals surface area contributed by atoms with Crippen molar-refractivity contribution in [2.45, 2.75) is 6.92 Å². The van der Waals surface area contributed by atoms with E-state index in [1.807, 2.05) is 24.3 Å². The Balaban J connectivity index is 2.52. The van der Waals surface area contributed by atoms with Crippen molar-refractivity contribution >= 4 is 23.1 Å². The van der Waals surface area contributed by atoms with Gasteiger partial charge in [-0.15, -0.1) is 0 Å². The fraction of sp³-hybridized carbons (Fsp3) is 0.143. The quantitative estimate of drug-likeness (QED) is 0.712. The maximum Gasteiger partial charge on any atom is 0.418 e. The van der Waals surface area contributed by atoms with Crippen LogP contribution in [0.25, 0.3) is 5.57 Å². The number of rotatable bonds is 1. The normalized spacial score (nSPS) is 15.4. The Kier molecular flexibility index (Phi) is 3.28. The summed E-state index contributed by atoms with van der Waals surface area (Å²) in [5.41, 5.74) is 2.33. The molecule has 2 rings (SSSR count). The number of amides is 1. The fourth-order valence-corrected chi connectivity index (χ4v) is 1.86. The highest BCUT2D eigenvalue weighted by Gasteiger charge is 2.21. The molecule has 0 radical (unpaired) electrons. The number of benzene rings is 1. The molecule has 1 aliphatic rings. The van der Waals surface area contributed by atoms with Crippen molar-refractivity contribution in [3.63, 3.8) is 0 Å². The maximum atomic E-state index is 11.6. The van der Waals surface area contributed by atoms with E-state index in [0.717, 1.165) is 11.1 Å². The van der Waals surface area contributed by atoms with Crippen LogP contribution in [0, 0.1) is 0 Å². The number of ether oxygens (including phenoxy) is 1. The number of fused-ring (bicyclic) bond motifs is 1. The number of hydrogen-bond donors (Lipinski definition) is 0. The van der Waals surface area contributed by atoms with E-state index in [4.69, 9.17) is 4.74 Å². The van der Waals surface area contributed by atoms with Gasteiger partial charge in [-0.3, -0.25) is 9.69 Å². The zero-order valence-corrected chi connectivity index (χ0v) is 10.2. The molecule has 4 nitrogen and oxygen atoms in total. The van der Waals surface area contributed by atoms with Gasteiger partial charge in [0.2, 0.25) is 0 Å². The molecule has 0 unspecified atom stereocenters. The summed E-state index contributed by atoms with van der Waals surface area (Å²) in [6.45, 7) is 1.50. The minimum absolute atomic E-state index is 0.0315. The highest BCUT2D eigenvalue weighted by atomic mass is 16.5. The Morgan fingerprint density at radius 1 is 1.28 bits per heavy atom. The first-order chi connectivity index (χ1) is 8.63. The SMILES string of the molecule is COC(=O)N1C=CC(=CC(C)=O)c2ccccc21. The molecular formula is C14H13NO3. The van der Waals surface area contributed by atoms with Gasteiger partial charge >= 0.3 is 6.09 Å². The third-order valence-electron chi connectivity index (χ3n) is 2.61. The van der Waals surface area contributed by atoms with E-state index in [0.29, 0.717) is 5.69 Å².